The minimum absolute atomic E-state index is 0.139. The fourth-order valence-corrected chi connectivity index (χ4v) is 5.13. The number of fused-ring (bicyclic) bond motifs is 1. The Bertz CT molecular complexity index is 708. The van der Waals surface area contributed by atoms with Crippen molar-refractivity contribution in [1.29, 1.82) is 0 Å². The summed E-state index contributed by atoms with van der Waals surface area (Å²) >= 11 is 7.19. The Balaban J connectivity index is 1.62. The second-order valence-corrected chi connectivity index (χ2v) is 9.86. The van der Waals surface area contributed by atoms with Crippen molar-refractivity contribution >= 4 is 55.3 Å². The molecule has 28 heavy (non-hydrogen) atoms. The summed E-state index contributed by atoms with van der Waals surface area (Å²) in [5.41, 5.74) is 0.532. The highest BCUT2D eigenvalue weighted by atomic mass is 79.9. The van der Waals surface area contributed by atoms with Crippen molar-refractivity contribution in [3.8, 4) is 5.75 Å². The largest absolute Gasteiger partial charge is 0.427 e. The van der Waals surface area contributed by atoms with Gasteiger partial charge in [0, 0.05) is 16.1 Å². The van der Waals surface area contributed by atoms with Crippen molar-refractivity contribution in [2.24, 2.45) is 11.8 Å². The van der Waals surface area contributed by atoms with E-state index >= 15 is 0 Å². The van der Waals surface area contributed by atoms with Crippen molar-refractivity contribution < 1.29 is 19.1 Å². The second kappa shape index (κ2) is 9.53. The molecular weight excluding hydrogens is 490 g/mol. The standard InChI is InChI=1S/C21H25Br2NO4/c1-2-3-4-5-6-19(25)28-14-9-7-13(8-10-14)24-20(26)15-11-17(22)18(23)12-16(15)21(24)27/h7-10,15-18H,2-6,11-12H2,1H3/t15-,16-,17+,18+/m0/s1. The van der Waals surface area contributed by atoms with E-state index in [9.17, 15) is 14.4 Å². The Morgan fingerprint density at radius 3 is 2.11 bits per heavy atom. The number of rotatable bonds is 7. The van der Waals surface area contributed by atoms with Crippen LogP contribution in [0.25, 0.3) is 0 Å². The number of ether oxygens (including phenoxy) is 1. The molecular formula is C21H25Br2NO4. The molecule has 1 aliphatic heterocycles. The number of carbonyl (C=O) groups excluding carboxylic acids is 3. The first-order valence-corrected chi connectivity index (χ1v) is 11.7. The number of amides is 2. The van der Waals surface area contributed by atoms with Crippen LogP contribution >= 0.6 is 31.9 Å². The Morgan fingerprint density at radius 1 is 1.00 bits per heavy atom. The zero-order valence-electron chi connectivity index (χ0n) is 15.9. The zero-order chi connectivity index (χ0) is 20.3. The Kier molecular flexibility index (Phi) is 7.31. The lowest BCUT2D eigenvalue weighted by atomic mass is 9.81. The number of unbranched alkanes of at least 4 members (excludes halogenated alkanes) is 3. The summed E-state index contributed by atoms with van der Waals surface area (Å²) in [6.45, 7) is 2.13. The molecule has 1 saturated carbocycles. The van der Waals surface area contributed by atoms with Gasteiger partial charge in [-0.2, -0.15) is 0 Å². The van der Waals surface area contributed by atoms with Gasteiger partial charge in [-0.15, -0.1) is 0 Å². The molecule has 0 unspecified atom stereocenters. The number of halogens is 2. The number of imide groups is 1. The number of nitrogens with zero attached hydrogens (tertiary/aromatic N) is 1. The monoisotopic (exact) mass is 513 g/mol. The minimum atomic E-state index is -0.272. The van der Waals surface area contributed by atoms with E-state index in [1.165, 1.54) is 4.90 Å². The van der Waals surface area contributed by atoms with Gasteiger partial charge in [-0.3, -0.25) is 19.3 Å². The highest BCUT2D eigenvalue weighted by Crippen LogP contribution is 2.44. The molecule has 4 atom stereocenters. The predicted octanol–water partition coefficient (Wildman–Crippen LogP) is 4.99. The third-order valence-corrected chi connectivity index (χ3v) is 8.21. The van der Waals surface area contributed by atoms with Crippen LogP contribution in [0.15, 0.2) is 24.3 Å². The van der Waals surface area contributed by atoms with Crippen LogP contribution in [-0.2, 0) is 14.4 Å². The summed E-state index contributed by atoms with van der Waals surface area (Å²) in [5, 5.41) is 0. The summed E-state index contributed by atoms with van der Waals surface area (Å²) < 4.78 is 5.35. The third-order valence-electron chi connectivity index (χ3n) is 5.47. The molecule has 152 valence electrons. The predicted molar refractivity (Wildman–Crippen MR) is 115 cm³/mol. The average Bonchev–Trinajstić information content (AvgIpc) is 2.90. The maximum Gasteiger partial charge on any atom is 0.311 e. The molecule has 1 heterocycles. The molecule has 7 heteroatoms. The van der Waals surface area contributed by atoms with Gasteiger partial charge in [0.05, 0.1) is 17.5 Å². The Morgan fingerprint density at radius 2 is 1.57 bits per heavy atom. The fourth-order valence-electron chi connectivity index (χ4n) is 3.89. The lowest BCUT2D eigenvalue weighted by molar-refractivity contribution is -0.134. The van der Waals surface area contributed by atoms with E-state index < -0.39 is 0 Å². The van der Waals surface area contributed by atoms with Gasteiger partial charge in [0.1, 0.15) is 5.75 Å². The van der Waals surface area contributed by atoms with Crippen LogP contribution in [0.2, 0.25) is 0 Å². The van der Waals surface area contributed by atoms with E-state index in [4.69, 9.17) is 4.74 Å². The van der Waals surface area contributed by atoms with E-state index in [1.807, 2.05) is 0 Å². The summed E-state index contributed by atoms with van der Waals surface area (Å²) in [5.74, 6) is -0.645. The van der Waals surface area contributed by atoms with Crippen molar-refractivity contribution in [2.75, 3.05) is 4.90 Å². The SMILES string of the molecule is CCCCCCC(=O)Oc1ccc(N2C(=O)[C@H]3C[C@@H](Br)[C@H](Br)C[C@@H]3C2=O)cc1. The molecule has 1 aliphatic carbocycles. The van der Waals surface area contributed by atoms with Crippen LogP contribution in [0, 0.1) is 11.8 Å². The molecule has 0 N–H and O–H groups in total. The topological polar surface area (TPSA) is 63.7 Å². The quantitative estimate of drug-likeness (QED) is 0.169. The average molecular weight is 515 g/mol. The van der Waals surface area contributed by atoms with Gasteiger partial charge in [0.2, 0.25) is 11.8 Å². The Hall–Kier alpha value is -1.21. The number of alkyl halides is 2. The van der Waals surface area contributed by atoms with Gasteiger partial charge >= 0.3 is 5.97 Å². The fraction of sp³-hybridized carbons (Fsp3) is 0.571. The maximum atomic E-state index is 12.8. The summed E-state index contributed by atoms with van der Waals surface area (Å²) in [7, 11) is 0. The smallest absolute Gasteiger partial charge is 0.311 e. The molecule has 2 fully saturated rings. The number of anilines is 1. The van der Waals surface area contributed by atoms with E-state index in [0.29, 0.717) is 30.7 Å². The molecule has 5 nitrogen and oxygen atoms in total. The number of carbonyl (C=O) groups is 3. The molecule has 1 aromatic rings. The van der Waals surface area contributed by atoms with Gasteiger partial charge in [-0.1, -0.05) is 58.0 Å². The van der Waals surface area contributed by atoms with Gasteiger partial charge in [-0.05, 0) is 43.5 Å². The molecule has 0 aromatic heterocycles. The number of hydrogen-bond acceptors (Lipinski definition) is 4. The molecule has 0 spiro atoms. The molecule has 1 saturated heterocycles. The van der Waals surface area contributed by atoms with Crippen molar-refractivity contribution in [3.63, 3.8) is 0 Å². The second-order valence-electron chi connectivity index (χ2n) is 7.51. The van der Waals surface area contributed by atoms with Crippen molar-refractivity contribution in [1.82, 2.24) is 0 Å². The van der Waals surface area contributed by atoms with Crippen molar-refractivity contribution in [2.45, 2.75) is 61.5 Å². The Labute approximate surface area is 182 Å². The van der Waals surface area contributed by atoms with E-state index in [-0.39, 0.29) is 39.3 Å². The minimum Gasteiger partial charge on any atom is -0.427 e. The van der Waals surface area contributed by atoms with Gasteiger partial charge < -0.3 is 4.74 Å². The van der Waals surface area contributed by atoms with Gasteiger partial charge in [0.15, 0.2) is 0 Å². The molecule has 2 amide bonds. The molecule has 1 aromatic carbocycles. The van der Waals surface area contributed by atoms with Crippen LogP contribution in [0.4, 0.5) is 5.69 Å². The maximum absolute atomic E-state index is 12.8. The van der Waals surface area contributed by atoms with Gasteiger partial charge in [0.25, 0.3) is 0 Å². The first-order chi connectivity index (χ1) is 13.4. The lowest BCUT2D eigenvalue weighted by Gasteiger charge is -2.29. The highest BCUT2D eigenvalue weighted by molar-refractivity contribution is 9.12. The van der Waals surface area contributed by atoms with Crippen LogP contribution in [-0.4, -0.2) is 27.4 Å². The zero-order valence-corrected chi connectivity index (χ0v) is 19.1. The normalized spacial score (nSPS) is 27.0. The molecule has 2 aliphatic rings. The summed E-state index contributed by atoms with van der Waals surface area (Å²) in [4.78, 5) is 39.2. The van der Waals surface area contributed by atoms with Crippen LogP contribution in [0.1, 0.15) is 51.9 Å². The van der Waals surface area contributed by atoms with E-state index in [1.54, 1.807) is 24.3 Å². The highest BCUT2D eigenvalue weighted by Gasteiger charge is 2.52. The number of hydrogen-bond donors (Lipinski definition) is 0. The van der Waals surface area contributed by atoms with Crippen LogP contribution in [0.3, 0.4) is 0 Å². The van der Waals surface area contributed by atoms with Crippen molar-refractivity contribution in [3.05, 3.63) is 24.3 Å². The first-order valence-electron chi connectivity index (χ1n) is 9.89. The first kappa shape index (κ1) is 21.5. The molecule has 0 bridgehead atoms. The van der Waals surface area contributed by atoms with Gasteiger partial charge in [-0.25, -0.2) is 0 Å². The summed E-state index contributed by atoms with van der Waals surface area (Å²) in [6, 6.07) is 6.62. The third kappa shape index (κ3) is 4.67. The lowest BCUT2D eigenvalue weighted by Crippen LogP contribution is -2.34. The summed E-state index contributed by atoms with van der Waals surface area (Å²) in [6.07, 6.45) is 5.79. The number of esters is 1. The van der Waals surface area contributed by atoms with E-state index in [0.717, 1.165) is 25.7 Å². The van der Waals surface area contributed by atoms with Crippen LogP contribution in [0.5, 0.6) is 5.75 Å². The van der Waals surface area contributed by atoms with E-state index in [2.05, 4.69) is 38.8 Å². The molecule has 0 radical (unpaired) electrons. The number of benzene rings is 1. The molecule has 3 rings (SSSR count). The van der Waals surface area contributed by atoms with Crippen LogP contribution < -0.4 is 9.64 Å².